The highest BCUT2D eigenvalue weighted by Crippen LogP contribution is 2.63. The molecule has 1 aromatic carbocycles. The van der Waals surface area contributed by atoms with Gasteiger partial charge in [0.1, 0.15) is 5.75 Å². The van der Waals surface area contributed by atoms with Gasteiger partial charge in [-0.25, -0.2) is 0 Å². The highest BCUT2D eigenvalue weighted by atomic mass is 16.3. The number of aliphatic hydroxyl groups is 1. The van der Waals surface area contributed by atoms with Crippen LogP contribution in [-0.4, -0.2) is 16.3 Å². The molecule has 0 aliphatic heterocycles. The molecule has 0 spiro atoms. The van der Waals surface area contributed by atoms with Crippen molar-refractivity contribution in [3.8, 4) is 5.75 Å². The first-order chi connectivity index (χ1) is 12.5. The third kappa shape index (κ3) is 2.81. The Bertz CT molecular complexity index is 693. The minimum absolute atomic E-state index is 0.100. The Balaban J connectivity index is 1.76. The van der Waals surface area contributed by atoms with Crippen LogP contribution in [0.5, 0.6) is 5.75 Å². The van der Waals surface area contributed by atoms with E-state index in [0.717, 1.165) is 25.7 Å². The molecule has 3 aliphatic carbocycles. The van der Waals surface area contributed by atoms with Crippen LogP contribution in [0.3, 0.4) is 0 Å². The molecular weight excluding hydrogens is 320 g/mol. The van der Waals surface area contributed by atoms with Crippen LogP contribution in [0.2, 0.25) is 0 Å². The first-order valence-electron chi connectivity index (χ1n) is 10.7. The highest BCUT2D eigenvalue weighted by molar-refractivity contribution is 5.46. The molecule has 0 saturated heterocycles. The fourth-order valence-electron chi connectivity index (χ4n) is 6.58. The molecule has 26 heavy (non-hydrogen) atoms. The van der Waals surface area contributed by atoms with Gasteiger partial charge < -0.3 is 10.2 Å². The van der Waals surface area contributed by atoms with Gasteiger partial charge in [0, 0.05) is 5.41 Å². The van der Waals surface area contributed by atoms with Crippen molar-refractivity contribution in [2.45, 2.75) is 83.2 Å². The van der Waals surface area contributed by atoms with Crippen LogP contribution in [0.15, 0.2) is 30.4 Å². The maximum Gasteiger partial charge on any atom is 0.115 e. The monoisotopic (exact) mass is 354 g/mol. The molecule has 5 atom stereocenters. The first kappa shape index (κ1) is 18.1. The van der Waals surface area contributed by atoms with Gasteiger partial charge in [0.25, 0.3) is 0 Å². The van der Waals surface area contributed by atoms with Gasteiger partial charge in [0.15, 0.2) is 0 Å². The minimum Gasteiger partial charge on any atom is -0.508 e. The lowest BCUT2D eigenvalue weighted by Gasteiger charge is -2.55. The van der Waals surface area contributed by atoms with Gasteiger partial charge in [0.2, 0.25) is 0 Å². The van der Waals surface area contributed by atoms with Crippen molar-refractivity contribution in [1.29, 1.82) is 0 Å². The minimum atomic E-state index is -0.119. The van der Waals surface area contributed by atoms with Gasteiger partial charge in [-0.2, -0.15) is 0 Å². The van der Waals surface area contributed by atoms with Crippen LogP contribution < -0.4 is 0 Å². The van der Waals surface area contributed by atoms with Crippen molar-refractivity contribution in [2.24, 2.45) is 17.3 Å². The van der Waals surface area contributed by atoms with E-state index in [1.54, 1.807) is 0 Å². The molecule has 142 valence electrons. The van der Waals surface area contributed by atoms with E-state index >= 15 is 0 Å². The normalized spacial score (nSPS) is 38.8. The van der Waals surface area contributed by atoms with Gasteiger partial charge in [0.05, 0.1) is 6.10 Å². The molecule has 0 heterocycles. The Morgan fingerprint density at radius 2 is 2.08 bits per heavy atom. The average Bonchev–Trinajstić information content (AvgIpc) is 2.92. The summed E-state index contributed by atoms with van der Waals surface area (Å²) in [5.74, 6) is 1.63. The zero-order chi connectivity index (χ0) is 18.4. The third-order valence-corrected chi connectivity index (χ3v) is 7.83. The predicted octanol–water partition coefficient (Wildman–Crippen LogP) is 5.51. The number of hydrogen-bond donors (Lipinski definition) is 2. The standard InChI is InChI=1S/C24H34O2/c1-3-4-5-6-11-24-13-12-23(2)16-19(26)15-22(23)21(24)9-7-17-14-18(25)8-10-20(17)24/h6,8,10-11,14,19,21-22,25-26H,3-5,7,9,12-13,15-16H2,1-2H3/b11-6+/t19?,21-,22-,23+,24+/m0/s1. The van der Waals surface area contributed by atoms with Gasteiger partial charge >= 0.3 is 0 Å². The van der Waals surface area contributed by atoms with Crippen LogP contribution in [0.25, 0.3) is 0 Å². The maximum absolute atomic E-state index is 10.4. The zero-order valence-electron chi connectivity index (χ0n) is 16.4. The summed E-state index contributed by atoms with van der Waals surface area (Å²) in [5, 5.41) is 20.4. The Morgan fingerprint density at radius 1 is 1.23 bits per heavy atom. The van der Waals surface area contributed by atoms with Gasteiger partial charge in [-0.3, -0.25) is 0 Å². The second-order valence-corrected chi connectivity index (χ2v) is 9.43. The Hall–Kier alpha value is -1.28. The average molecular weight is 355 g/mol. The van der Waals surface area contributed by atoms with E-state index < -0.39 is 0 Å². The number of rotatable bonds is 4. The summed E-state index contributed by atoms with van der Waals surface area (Å²) in [6.45, 7) is 4.67. The molecular formula is C24H34O2. The number of aromatic hydroxyl groups is 1. The summed E-state index contributed by atoms with van der Waals surface area (Å²) >= 11 is 0. The summed E-state index contributed by atoms with van der Waals surface area (Å²) in [4.78, 5) is 0. The molecule has 4 rings (SSSR count). The molecule has 3 aliphatic rings. The molecule has 0 radical (unpaired) electrons. The Morgan fingerprint density at radius 3 is 2.88 bits per heavy atom. The molecule has 1 aromatic rings. The van der Waals surface area contributed by atoms with Crippen LogP contribution >= 0.6 is 0 Å². The van der Waals surface area contributed by atoms with Crippen molar-refractivity contribution >= 4 is 0 Å². The van der Waals surface area contributed by atoms with Crippen molar-refractivity contribution < 1.29 is 10.2 Å². The molecule has 2 N–H and O–H groups in total. The lowest BCUT2D eigenvalue weighted by atomic mass is 9.48. The van der Waals surface area contributed by atoms with E-state index in [-0.39, 0.29) is 11.5 Å². The van der Waals surface area contributed by atoms with E-state index in [1.807, 2.05) is 12.1 Å². The fourth-order valence-corrected chi connectivity index (χ4v) is 6.58. The van der Waals surface area contributed by atoms with Crippen LogP contribution in [0.1, 0.15) is 76.3 Å². The van der Waals surface area contributed by atoms with Gasteiger partial charge in [-0.05, 0) is 85.5 Å². The van der Waals surface area contributed by atoms with Crippen molar-refractivity contribution in [3.63, 3.8) is 0 Å². The van der Waals surface area contributed by atoms with E-state index in [9.17, 15) is 10.2 Å². The van der Waals surface area contributed by atoms with E-state index in [4.69, 9.17) is 0 Å². The van der Waals surface area contributed by atoms with E-state index in [2.05, 4.69) is 32.1 Å². The second-order valence-electron chi connectivity index (χ2n) is 9.43. The lowest BCUT2D eigenvalue weighted by molar-refractivity contribution is 0.0274. The third-order valence-electron chi connectivity index (χ3n) is 7.83. The smallest absolute Gasteiger partial charge is 0.115 e. The van der Waals surface area contributed by atoms with Crippen LogP contribution in [0, 0.1) is 17.3 Å². The number of aliphatic hydroxyl groups excluding tert-OH is 1. The summed E-state index contributed by atoms with van der Waals surface area (Å²) in [7, 11) is 0. The highest BCUT2D eigenvalue weighted by Gasteiger charge is 2.57. The quantitative estimate of drug-likeness (QED) is 0.553. The molecule has 2 saturated carbocycles. The fraction of sp³-hybridized carbons (Fsp3) is 0.667. The van der Waals surface area contributed by atoms with Crippen LogP contribution in [0.4, 0.5) is 0 Å². The number of unbranched alkanes of at least 4 members (excludes halogenated alkanes) is 2. The topological polar surface area (TPSA) is 40.5 Å². The van der Waals surface area contributed by atoms with Crippen LogP contribution in [-0.2, 0) is 11.8 Å². The van der Waals surface area contributed by atoms with E-state index in [1.165, 1.54) is 43.2 Å². The largest absolute Gasteiger partial charge is 0.508 e. The van der Waals surface area contributed by atoms with Crippen molar-refractivity contribution in [3.05, 3.63) is 41.5 Å². The van der Waals surface area contributed by atoms with Crippen molar-refractivity contribution in [1.82, 2.24) is 0 Å². The summed E-state index contributed by atoms with van der Waals surface area (Å²) in [5.41, 5.74) is 3.19. The number of phenolic OH excluding ortho intramolecular Hbond substituents is 1. The molecule has 0 amide bonds. The number of aryl methyl sites for hydroxylation is 1. The van der Waals surface area contributed by atoms with Crippen molar-refractivity contribution in [2.75, 3.05) is 0 Å². The zero-order valence-corrected chi connectivity index (χ0v) is 16.4. The molecule has 1 unspecified atom stereocenters. The number of allylic oxidation sites excluding steroid dienone is 2. The Kier molecular flexibility index (Phi) is 4.67. The summed E-state index contributed by atoms with van der Waals surface area (Å²) in [6.07, 6.45) is 15.0. The van der Waals surface area contributed by atoms with Gasteiger partial charge in [-0.1, -0.05) is 44.9 Å². The number of benzene rings is 1. The molecule has 0 bridgehead atoms. The predicted molar refractivity (Wildman–Crippen MR) is 106 cm³/mol. The molecule has 2 nitrogen and oxygen atoms in total. The number of phenols is 1. The molecule has 2 fully saturated rings. The second kappa shape index (κ2) is 6.71. The van der Waals surface area contributed by atoms with Gasteiger partial charge in [-0.15, -0.1) is 0 Å². The maximum atomic E-state index is 10.4. The number of hydrogen-bond acceptors (Lipinski definition) is 2. The Labute approximate surface area is 158 Å². The number of fused-ring (bicyclic) bond motifs is 5. The van der Waals surface area contributed by atoms with E-state index in [0.29, 0.717) is 23.0 Å². The SMILES string of the molecule is CCCC/C=C/[C@]12CC[C@]3(C)CC(O)C[C@H]3[C@@H]1CCc1cc(O)ccc12. The first-order valence-corrected chi connectivity index (χ1v) is 10.7. The summed E-state index contributed by atoms with van der Waals surface area (Å²) in [6, 6.07) is 6.06. The molecule has 0 aromatic heterocycles. The summed E-state index contributed by atoms with van der Waals surface area (Å²) < 4.78 is 0. The molecule has 2 heteroatoms. The lowest BCUT2D eigenvalue weighted by Crippen LogP contribution is -2.49.